The van der Waals surface area contributed by atoms with Crippen molar-refractivity contribution in [2.75, 3.05) is 6.61 Å². The Bertz CT molecular complexity index is 347. The Morgan fingerprint density at radius 3 is 2.59 bits per heavy atom. The van der Waals surface area contributed by atoms with Crippen molar-refractivity contribution in [1.82, 2.24) is 0 Å². The maximum atomic E-state index is 6.30. The quantitative estimate of drug-likeness (QED) is 0.819. The maximum absolute atomic E-state index is 6.30. The fourth-order valence-electron chi connectivity index (χ4n) is 2.09. The van der Waals surface area contributed by atoms with E-state index in [-0.39, 0.29) is 11.6 Å². The van der Waals surface area contributed by atoms with Crippen LogP contribution in [0.15, 0.2) is 24.3 Å². The zero-order chi connectivity index (χ0) is 12.9. The Balaban J connectivity index is 2.87. The Kier molecular flexibility index (Phi) is 5.16. The van der Waals surface area contributed by atoms with E-state index in [4.69, 9.17) is 10.5 Å². The predicted molar refractivity (Wildman–Crippen MR) is 73.1 cm³/mol. The topological polar surface area (TPSA) is 35.2 Å². The molecule has 1 atom stereocenters. The Morgan fingerprint density at radius 1 is 1.29 bits per heavy atom. The van der Waals surface area contributed by atoms with Crippen LogP contribution in [-0.4, -0.2) is 12.2 Å². The molecule has 2 nitrogen and oxygen atoms in total. The summed E-state index contributed by atoms with van der Waals surface area (Å²) in [4.78, 5) is 0. The predicted octanol–water partition coefficient (Wildman–Crippen LogP) is 3.45. The lowest BCUT2D eigenvalue weighted by Crippen LogP contribution is -2.38. The highest BCUT2D eigenvalue weighted by molar-refractivity contribution is 5.27. The summed E-state index contributed by atoms with van der Waals surface area (Å²) in [6.07, 6.45) is 2.27. The van der Waals surface area contributed by atoms with Crippen molar-refractivity contribution < 1.29 is 4.74 Å². The molecule has 0 saturated carbocycles. The van der Waals surface area contributed by atoms with Crippen LogP contribution in [0.4, 0.5) is 0 Å². The standard InChI is InChI=1S/C15H25NO/c1-5-8-12-9-7-10-13(11-12)14(16)15(3,4)17-6-2/h7,9-11,14H,5-6,8,16H2,1-4H3. The molecular weight excluding hydrogens is 210 g/mol. The van der Waals surface area contributed by atoms with Crippen LogP contribution in [0.25, 0.3) is 0 Å². The molecule has 0 heterocycles. The van der Waals surface area contributed by atoms with Crippen LogP contribution in [0.1, 0.15) is 51.3 Å². The minimum Gasteiger partial charge on any atom is -0.374 e. The van der Waals surface area contributed by atoms with Gasteiger partial charge in [0.25, 0.3) is 0 Å². The first-order valence-corrected chi connectivity index (χ1v) is 6.49. The van der Waals surface area contributed by atoms with Gasteiger partial charge in [-0.15, -0.1) is 0 Å². The summed E-state index contributed by atoms with van der Waals surface area (Å²) in [6.45, 7) is 8.98. The third-order valence-corrected chi connectivity index (χ3v) is 3.11. The van der Waals surface area contributed by atoms with Crippen molar-refractivity contribution in [1.29, 1.82) is 0 Å². The van der Waals surface area contributed by atoms with Crippen LogP contribution in [0.2, 0.25) is 0 Å². The van der Waals surface area contributed by atoms with Gasteiger partial charge in [-0.2, -0.15) is 0 Å². The zero-order valence-corrected chi connectivity index (χ0v) is 11.5. The summed E-state index contributed by atoms with van der Waals surface area (Å²) in [5.74, 6) is 0. The van der Waals surface area contributed by atoms with Crippen molar-refractivity contribution in [3.8, 4) is 0 Å². The summed E-state index contributed by atoms with van der Waals surface area (Å²) in [5, 5.41) is 0. The Morgan fingerprint density at radius 2 is 2.00 bits per heavy atom. The number of hydrogen-bond acceptors (Lipinski definition) is 2. The second kappa shape index (κ2) is 6.18. The van der Waals surface area contributed by atoms with Crippen molar-refractivity contribution in [2.45, 2.75) is 52.2 Å². The van der Waals surface area contributed by atoms with E-state index in [2.05, 4.69) is 31.2 Å². The molecule has 0 radical (unpaired) electrons. The SMILES string of the molecule is CCCc1cccc(C(N)C(C)(C)OCC)c1. The second-order valence-corrected chi connectivity index (χ2v) is 5.01. The first-order valence-electron chi connectivity index (χ1n) is 6.49. The second-order valence-electron chi connectivity index (χ2n) is 5.01. The Labute approximate surface area is 105 Å². The van der Waals surface area contributed by atoms with Gasteiger partial charge in [0.2, 0.25) is 0 Å². The first kappa shape index (κ1) is 14.2. The van der Waals surface area contributed by atoms with Gasteiger partial charge in [0.05, 0.1) is 11.6 Å². The van der Waals surface area contributed by atoms with Crippen molar-refractivity contribution in [3.63, 3.8) is 0 Å². The lowest BCUT2D eigenvalue weighted by atomic mass is 9.91. The summed E-state index contributed by atoms with van der Waals surface area (Å²) < 4.78 is 5.72. The van der Waals surface area contributed by atoms with Crippen LogP contribution < -0.4 is 5.73 Å². The van der Waals surface area contributed by atoms with Crippen molar-refractivity contribution in [3.05, 3.63) is 35.4 Å². The molecule has 1 aromatic rings. The van der Waals surface area contributed by atoms with Gasteiger partial charge in [-0.05, 0) is 38.3 Å². The summed E-state index contributed by atoms with van der Waals surface area (Å²) in [5.41, 5.74) is 8.49. The minimum atomic E-state index is -0.320. The van der Waals surface area contributed by atoms with Gasteiger partial charge in [-0.25, -0.2) is 0 Å². The fourth-order valence-corrected chi connectivity index (χ4v) is 2.09. The van der Waals surface area contributed by atoms with Gasteiger partial charge >= 0.3 is 0 Å². The zero-order valence-electron chi connectivity index (χ0n) is 11.5. The molecule has 0 saturated heterocycles. The molecule has 0 aliphatic heterocycles. The molecule has 1 unspecified atom stereocenters. The molecule has 0 bridgehead atoms. The van der Waals surface area contributed by atoms with Gasteiger partial charge < -0.3 is 10.5 Å². The molecule has 96 valence electrons. The molecule has 0 fully saturated rings. The summed E-state index contributed by atoms with van der Waals surface area (Å²) >= 11 is 0. The van der Waals surface area contributed by atoms with Gasteiger partial charge in [-0.1, -0.05) is 37.6 Å². The van der Waals surface area contributed by atoms with E-state index in [0.29, 0.717) is 6.61 Å². The molecule has 2 N–H and O–H groups in total. The molecule has 2 heteroatoms. The smallest absolute Gasteiger partial charge is 0.0818 e. The largest absolute Gasteiger partial charge is 0.374 e. The fraction of sp³-hybridized carbons (Fsp3) is 0.600. The molecule has 1 aromatic carbocycles. The summed E-state index contributed by atoms with van der Waals surface area (Å²) in [7, 11) is 0. The molecule has 0 amide bonds. The number of rotatable bonds is 6. The van der Waals surface area contributed by atoms with Gasteiger partial charge in [-0.3, -0.25) is 0 Å². The van der Waals surface area contributed by atoms with Crippen molar-refractivity contribution >= 4 is 0 Å². The van der Waals surface area contributed by atoms with E-state index >= 15 is 0 Å². The third-order valence-electron chi connectivity index (χ3n) is 3.11. The number of benzene rings is 1. The van der Waals surface area contributed by atoms with Crippen molar-refractivity contribution in [2.24, 2.45) is 5.73 Å². The highest BCUT2D eigenvalue weighted by Gasteiger charge is 2.28. The molecule has 0 aliphatic carbocycles. The monoisotopic (exact) mass is 235 g/mol. The van der Waals surface area contributed by atoms with Crippen LogP contribution in [0, 0.1) is 0 Å². The average molecular weight is 235 g/mol. The van der Waals surface area contributed by atoms with Crippen LogP contribution in [0.3, 0.4) is 0 Å². The average Bonchev–Trinajstić information content (AvgIpc) is 2.29. The molecule has 17 heavy (non-hydrogen) atoms. The number of hydrogen-bond donors (Lipinski definition) is 1. The van der Waals surface area contributed by atoms with E-state index in [0.717, 1.165) is 18.4 Å². The molecular formula is C15H25NO. The van der Waals surface area contributed by atoms with E-state index in [1.165, 1.54) is 5.56 Å². The maximum Gasteiger partial charge on any atom is 0.0818 e. The van der Waals surface area contributed by atoms with Gasteiger partial charge in [0, 0.05) is 6.61 Å². The molecule has 0 aliphatic rings. The van der Waals surface area contributed by atoms with Gasteiger partial charge in [0.15, 0.2) is 0 Å². The lowest BCUT2D eigenvalue weighted by molar-refractivity contribution is -0.0298. The van der Waals surface area contributed by atoms with E-state index in [9.17, 15) is 0 Å². The molecule has 0 spiro atoms. The Hall–Kier alpha value is -0.860. The van der Waals surface area contributed by atoms with Crippen LogP contribution in [0.5, 0.6) is 0 Å². The number of ether oxygens (including phenoxy) is 1. The highest BCUT2D eigenvalue weighted by Crippen LogP contribution is 2.27. The summed E-state index contributed by atoms with van der Waals surface area (Å²) in [6, 6.07) is 8.45. The molecule has 0 aromatic heterocycles. The van der Waals surface area contributed by atoms with Crippen LogP contribution in [-0.2, 0) is 11.2 Å². The minimum absolute atomic E-state index is 0.0840. The molecule has 1 rings (SSSR count). The third kappa shape index (κ3) is 3.83. The van der Waals surface area contributed by atoms with Crippen LogP contribution >= 0.6 is 0 Å². The highest BCUT2D eigenvalue weighted by atomic mass is 16.5. The lowest BCUT2D eigenvalue weighted by Gasteiger charge is -2.32. The number of aryl methyl sites for hydroxylation is 1. The van der Waals surface area contributed by atoms with E-state index in [1.807, 2.05) is 20.8 Å². The van der Waals surface area contributed by atoms with E-state index in [1.54, 1.807) is 0 Å². The van der Waals surface area contributed by atoms with E-state index < -0.39 is 0 Å². The first-order chi connectivity index (χ1) is 8.01. The number of nitrogens with two attached hydrogens (primary N) is 1. The van der Waals surface area contributed by atoms with Gasteiger partial charge in [0.1, 0.15) is 0 Å². The normalized spacial score (nSPS) is 13.7.